The SMILES string of the molecule is COc1ccc(C(O)=Cc2nc3cc(Cl)ccc3oc2=O)cc1OC. The summed E-state index contributed by atoms with van der Waals surface area (Å²) in [6, 6.07) is 9.61. The fourth-order valence-corrected chi connectivity index (χ4v) is 2.46. The van der Waals surface area contributed by atoms with Crippen LogP contribution in [0.5, 0.6) is 11.5 Å². The second kappa shape index (κ2) is 6.86. The molecule has 0 unspecified atom stereocenters. The highest BCUT2D eigenvalue weighted by molar-refractivity contribution is 6.31. The Morgan fingerprint density at radius 1 is 1.16 bits per heavy atom. The summed E-state index contributed by atoms with van der Waals surface area (Å²) >= 11 is 5.92. The third kappa shape index (κ3) is 3.44. The molecule has 0 saturated heterocycles. The summed E-state index contributed by atoms with van der Waals surface area (Å²) in [6.07, 6.45) is 1.23. The third-order valence-electron chi connectivity index (χ3n) is 3.53. The highest BCUT2D eigenvalue weighted by Crippen LogP contribution is 2.30. The Bertz CT molecular complexity index is 1030. The number of methoxy groups -OCH3 is 2. The number of aliphatic hydroxyl groups is 1. The van der Waals surface area contributed by atoms with Crippen LogP contribution >= 0.6 is 11.6 Å². The number of aromatic nitrogens is 1. The summed E-state index contributed by atoms with van der Waals surface area (Å²) in [7, 11) is 3.01. The average molecular weight is 360 g/mol. The lowest BCUT2D eigenvalue weighted by molar-refractivity contribution is 0.354. The number of rotatable bonds is 4. The van der Waals surface area contributed by atoms with Gasteiger partial charge in [0.05, 0.1) is 14.2 Å². The number of hydrogen-bond acceptors (Lipinski definition) is 6. The summed E-state index contributed by atoms with van der Waals surface area (Å²) in [5.74, 6) is 0.810. The summed E-state index contributed by atoms with van der Waals surface area (Å²) in [4.78, 5) is 16.2. The maximum Gasteiger partial charge on any atom is 0.362 e. The van der Waals surface area contributed by atoms with E-state index in [0.717, 1.165) is 0 Å². The molecule has 0 aliphatic carbocycles. The van der Waals surface area contributed by atoms with Crippen LogP contribution in [0.3, 0.4) is 0 Å². The molecule has 6 nitrogen and oxygen atoms in total. The van der Waals surface area contributed by atoms with Crippen molar-refractivity contribution >= 4 is 34.5 Å². The van der Waals surface area contributed by atoms with Crippen molar-refractivity contribution in [3.8, 4) is 11.5 Å². The minimum Gasteiger partial charge on any atom is -0.507 e. The van der Waals surface area contributed by atoms with Gasteiger partial charge < -0.3 is 19.0 Å². The number of halogens is 1. The van der Waals surface area contributed by atoms with Crippen molar-refractivity contribution in [2.45, 2.75) is 0 Å². The van der Waals surface area contributed by atoms with Crippen molar-refractivity contribution in [3.63, 3.8) is 0 Å². The highest BCUT2D eigenvalue weighted by atomic mass is 35.5. The van der Waals surface area contributed by atoms with E-state index in [2.05, 4.69) is 4.98 Å². The van der Waals surface area contributed by atoms with Gasteiger partial charge in [-0.2, -0.15) is 0 Å². The molecule has 3 rings (SSSR count). The van der Waals surface area contributed by atoms with E-state index in [1.807, 2.05) is 0 Å². The van der Waals surface area contributed by atoms with E-state index in [1.165, 1.54) is 20.3 Å². The number of hydrogen-bond donors (Lipinski definition) is 1. The Hall–Kier alpha value is -2.99. The van der Waals surface area contributed by atoms with Gasteiger partial charge in [-0.1, -0.05) is 11.6 Å². The standard InChI is InChI=1S/C18H14ClNO5/c1-23-16-5-3-10(7-17(16)24-2)14(21)9-13-18(22)25-15-6-4-11(19)8-12(15)20-13/h3-9,21H,1-2H3. The molecule has 1 aromatic heterocycles. The van der Waals surface area contributed by atoms with Crippen LogP contribution in [-0.4, -0.2) is 24.3 Å². The van der Waals surface area contributed by atoms with Gasteiger partial charge in [0.1, 0.15) is 11.3 Å². The second-order valence-corrected chi connectivity index (χ2v) is 5.53. The van der Waals surface area contributed by atoms with Crippen LogP contribution in [0.25, 0.3) is 22.9 Å². The lowest BCUT2D eigenvalue weighted by Crippen LogP contribution is -2.06. The zero-order chi connectivity index (χ0) is 18.0. The third-order valence-corrected chi connectivity index (χ3v) is 3.76. The van der Waals surface area contributed by atoms with E-state index in [9.17, 15) is 9.90 Å². The van der Waals surface area contributed by atoms with Crippen molar-refractivity contribution in [2.75, 3.05) is 14.2 Å². The van der Waals surface area contributed by atoms with Crippen LogP contribution in [0.1, 0.15) is 11.3 Å². The molecule has 0 bridgehead atoms. The number of ether oxygens (including phenoxy) is 2. The first-order chi connectivity index (χ1) is 12.0. The topological polar surface area (TPSA) is 81.8 Å². The van der Waals surface area contributed by atoms with Gasteiger partial charge in [-0.3, -0.25) is 0 Å². The molecule has 7 heteroatoms. The monoisotopic (exact) mass is 359 g/mol. The molecular formula is C18H14ClNO5. The molecule has 0 aliphatic heterocycles. The first-order valence-corrected chi connectivity index (χ1v) is 7.63. The summed E-state index contributed by atoms with van der Waals surface area (Å²) < 4.78 is 15.5. The summed E-state index contributed by atoms with van der Waals surface area (Å²) in [5, 5.41) is 10.8. The van der Waals surface area contributed by atoms with Crippen molar-refractivity contribution in [2.24, 2.45) is 0 Å². The zero-order valence-electron chi connectivity index (χ0n) is 13.4. The van der Waals surface area contributed by atoms with Gasteiger partial charge in [-0.15, -0.1) is 0 Å². The molecular weight excluding hydrogens is 346 g/mol. The summed E-state index contributed by atoms with van der Waals surface area (Å²) in [5.41, 5.74) is 0.463. The Kier molecular flexibility index (Phi) is 4.63. The molecule has 0 atom stereocenters. The molecule has 2 aromatic carbocycles. The zero-order valence-corrected chi connectivity index (χ0v) is 14.2. The normalized spacial score (nSPS) is 11.6. The van der Waals surface area contributed by atoms with Gasteiger partial charge >= 0.3 is 5.63 Å². The van der Waals surface area contributed by atoms with Crippen molar-refractivity contribution in [1.82, 2.24) is 4.98 Å². The molecule has 25 heavy (non-hydrogen) atoms. The van der Waals surface area contributed by atoms with Gasteiger partial charge in [-0.05, 0) is 36.4 Å². The van der Waals surface area contributed by atoms with E-state index >= 15 is 0 Å². The highest BCUT2D eigenvalue weighted by Gasteiger charge is 2.10. The minimum absolute atomic E-state index is 0.0398. The van der Waals surface area contributed by atoms with Crippen LogP contribution in [0.2, 0.25) is 5.02 Å². The molecule has 0 saturated carbocycles. The number of aliphatic hydroxyl groups excluding tert-OH is 1. The van der Waals surface area contributed by atoms with E-state index < -0.39 is 5.63 Å². The quantitative estimate of drug-likeness (QED) is 0.711. The predicted octanol–water partition coefficient (Wildman–Crippen LogP) is 3.91. The Balaban J connectivity index is 2.06. The number of nitrogens with zero attached hydrogens (tertiary/aromatic N) is 1. The minimum atomic E-state index is -0.665. The first-order valence-electron chi connectivity index (χ1n) is 7.25. The molecule has 0 amide bonds. The average Bonchev–Trinajstić information content (AvgIpc) is 2.62. The van der Waals surface area contributed by atoms with E-state index in [1.54, 1.807) is 36.4 Å². The van der Waals surface area contributed by atoms with Gasteiger partial charge in [0, 0.05) is 16.7 Å². The number of fused-ring (bicyclic) bond motifs is 1. The molecule has 0 radical (unpaired) electrons. The maximum atomic E-state index is 12.0. The van der Waals surface area contributed by atoms with Crippen molar-refractivity contribution < 1.29 is 19.0 Å². The first kappa shape index (κ1) is 16.9. The smallest absolute Gasteiger partial charge is 0.362 e. The Morgan fingerprint density at radius 3 is 2.64 bits per heavy atom. The van der Waals surface area contributed by atoms with E-state index in [0.29, 0.717) is 33.2 Å². The van der Waals surface area contributed by atoms with Crippen LogP contribution < -0.4 is 15.1 Å². The lowest BCUT2D eigenvalue weighted by atomic mass is 10.1. The fraction of sp³-hybridized carbons (Fsp3) is 0.111. The van der Waals surface area contributed by atoms with Crippen LogP contribution in [-0.2, 0) is 0 Å². The molecule has 128 valence electrons. The van der Waals surface area contributed by atoms with Gasteiger partial charge in [0.15, 0.2) is 22.8 Å². The molecule has 0 fully saturated rings. The molecule has 1 heterocycles. The largest absolute Gasteiger partial charge is 0.507 e. The molecule has 0 spiro atoms. The maximum absolute atomic E-state index is 12.0. The van der Waals surface area contributed by atoms with E-state index in [4.69, 9.17) is 25.5 Å². The van der Waals surface area contributed by atoms with Gasteiger partial charge in [0.25, 0.3) is 0 Å². The van der Waals surface area contributed by atoms with Crippen LogP contribution in [0.15, 0.2) is 45.6 Å². The molecule has 0 aliphatic rings. The van der Waals surface area contributed by atoms with E-state index in [-0.39, 0.29) is 11.5 Å². The van der Waals surface area contributed by atoms with Gasteiger partial charge in [-0.25, -0.2) is 9.78 Å². The number of benzene rings is 2. The Labute approximate surface area is 147 Å². The molecule has 3 aromatic rings. The Morgan fingerprint density at radius 2 is 1.92 bits per heavy atom. The lowest BCUT2D eigenvalue weighted by Gasteiger charge is -2.09. The fourth-order valence-electron chi connectivity index (χ4n) is 2.29. The van der Waals surface area contributed by atoms with Gasteiger partial charge in [0.2, 0.25) is 0 Å². The van der Waals surface area contributed by atoms with Crippen molar-refractivity contribution in [3.05, 3.63) is 63.1 Å². The molecule has 1 N–H and O–H groups in total. The predicted molar refractivity (Wildman–Crippen MR) is 95.3 cm³/mol. The van der Waals surface area contributed by atoms with Crippen LogP contribution in [0, 0.1) is 0 Å². The summed E-state index contributed by atoms with van der Waals surface area (Å²) in [6.45, 7) is 0. The second-order valence-electron chi connectivity index (χ2n) is 5.10. The van der Waals surface area contributed by atoms with Crippen LogP contribution in [0.4, 0.5) is 0 Å². The van der Waals surface area contributed by atoms with Crippen molar-refractivity contribution in [1.29, 1.82) is 0 Å².